The number of β-amino-alcohol motifs (C(OH)–C–C–N with tert-alkyl or cyclic N) is 1. The SMILES string of the molecule is CC(C)C(C)(O)CN1CC(N)C1. The van der Waals surface area contributed by atoms with Crippen molar-refractivity contribution in [2.24, 2.45) is 11.7 Å². The van der Waals surface area contributed by atoms with Gasteiger partial charge in [0.15, 0.2) is 0 Å². The Bertz CT molecular complexity index is 151. The minimum Gasteiger partial charge on any atom is -0.389 e. The quantitative estimate of drug-likeness (QED) is 0.632. The average molecular weight is 172 g/mol. The summed E-state index contributed by atoms with van der Waals surface area (Å²) in [7, 11) is 0. The zero-order valence-electron chi connectivity index (χ0n) is 8.25. The Morgan fingerprint density at radius 3 is 2.42 bits per heavy atom. The Kier molecular flexibility index (Phi) is 2.76. The lowest BCUT2D eigenvalue weighted by molar-refractivity contribution is -0.0371. The van der Waals surface area contributed by atoms with Crippen molar-refractivity contribution in [3.05, 3.63) is 0 Å². The third kappa shape index (κ3) is 2.19. The van der Waals surface area contributed by atoms with Crippen molar-refractivity contribution >= 4 is 0 Å². The predicted octanol–water partition coefficient (Wildman–Crippen LogP) is 0.0363. The van der Waals surface area contributed by atoms with E-state index >= 15 is 0 Å². The molecule has 0 aromatic carbocycles. The monoisotopic (exact) mass is 172 g/mol. The number of aliphatic hydroxyl groups is 1. The zero-order chi connectivity index (χ0) is 9.35. The third-order valence-electron chi connectivity index (χ3n) is 2.77. The Morgan fingerprint density at radius 1 is 1.58 bits per heavy atom. The topological polar surface area (TPSA) is 49.5 Å². The molecule has 3 N–H and O–H groups in total. The van der Waals surface area contributed by atoms with Crippen LogP contribution in [0.15, 0.2) is 0 Å². The fourth-order valence-corrected chi connectivity index (χ4v) is 1.37. The van der Waals surface area contributed by atoms with Crippen LogP contribution < -0.4 is 5.73 Å². The van der Waals surface area contributed by atoms with Crippen molar-refractivity contribution < 1.29 is 5.11 Å². The Hall–Kier alpha value is -0.120. The van der Waals surface area contributed by atoms with Crippen molar-refractivity contribution in [1.82, 2.24) is 4.90 Å². The molecule has 0 radical (unpaired) electrons. The normalized spacial score (nSPS) is 25.5. The molecule has 0 saturated carbocycles. The summed E-state index contributed by atoms with van der Waals surface area (Å²) in [5, 5.41) is 9.93. The van der Waals surface area contributed by atoms with Crippen LogP contribution in [0.25, 0.3) is 0 Å². The molecule has 0 aliphatic carbocycles. The number of nitrogens with two attached hydrogens (primary N) is 1. The van der Waals surface area contributed by atoms with Gasteiger partial charge in [0.25, 0.3) is 0 Å². The Labute approximate surface area is 74.5 Å². The van der Waals surface area contributed by atoms with E-state index in [0.717, 1.165) is 19.6 Å². The van der Waals surface area contributed by atoms with E-state index in [1.807, 2.05) is 20.8 Å². The van der Waals surface area contributed by atoms with Gasteiger partial charge in [-0.1, -0.05) is 13.8 Å². The lowest BCUT2D eigenvalue weighted by Crippen LogP contribution is -2.60. The van der Waals surface area contributed by atoms with E-state index in [-0.39, 0.29) is 0 Å². The van der Waals surface area contributed by atoms with E-state index in [0.29, 0.717) is 12.0 Å². The molecule has 0 spiro atoms. The second-order valence-electron chi connectivity index (χ2n) is 4.47. The molecule has 0 amide bonds. The number of hydrogen-bond donors (Lipinski definition) is 2. The Morgan fingerprint density at radius 2 is 2.08 bits per heavy atom. The van der Waals surface area contributed by atoms with Crippen LogP contribution in [-0.2, 0) is 0 Å². The highest BCUT2D eigenvalue weighted by Gasteiger charge is 2.32. The van der Waals surface area contributed by atoms with Crippen LogP contribution in [0.1, 0.15) is 20.8 Å². The first-order valence-electron chi connectivity index (χ1n) is 4.62. The summed E-state index contributed by atoms with van der Waals surface area (Å²) in [6.07, 6.45) is 0. The molecule has 1 saturated heterocycles. The first-order valence-corrected chi connectivity index (χ1v) is 4.62. The molecule has 1 rings (SSSR count). The second kappa shape index (κ2) is 3.32. The van der Waals surface area contributed by atoms with Crippen molar-refractivity contribution in [3.63, 3.8) is 0 Å². The van der Waals surface area contributed by atoms with Crippen LogP contribution in [-0.4, -0.2) is 41.3 Å². The first-order chi connectivity index (χ1) is 5.42. The number of nitrogens with zero attached hydrogens (tertiary/aromatic N) is 1. The highest BCUT2D eigenvalue weighted by Crippen LogP contribution is 2.19. The van der Waals surface area contributed by atoms with Crippen LogP contribution in [0, 0.1) is 5.92 Å². The fraction of sp³-hybridized carbons (Fsp3) is 1.00. The minimum atomic E-state index is -0.569. The molecule has 72 valence electrons. The molecule has 1 fully saturated rings. The minimum absolute atomic E-state index is 0.300. The lowest BCUT2D eigenvalue weighted by Gasteiger charge is -2.42. The van der Waals surface area contributed by atoms with Gasteiger partial charge in [-0.25, -0.2) is 0 Å². The summed E-state index contributed by atoms with van der Waals surface area (Å²) in [6, 6.07) is 0.327. The van der Waals surface area contributed by atoms with Gasteiger partial charge in [0, 0.05) is 25.7 Å². The first kappa shape index (κ1) is 9.96. The third-order valence-corrected chi connectivity index (χ3v) is 2.77. The van der Waals surface area contributed by atoms with Crippen molar-refractivity contribution in [2.75, 3.05) is 19.6 Å². The molecule has 1 aliphatic heterocycles. The fourth-order valence-electron chi connectivity index (χ4n) is 1.37. The number of likely N-dealkylation sites (tertiary alicyclic amines) is 1. The molecule has 1 unspecified atom stereocenters. The van der Waals surface area contributed by atoms with Gasteiger partial charge in [0.2, 0.25) is 0 Å². The van der Waals surface area contributed by atoms with Gasteiger partial charge in [-0.3, -0.25) is 4.90 Å². The molecule has 0 aromatic heterocycles. The highest BCUT2D eigenvalue weighted by molar-refractivity contribution is 4.89. The molecule has 12 heavy (non-hydrogen) atoms. The molecular weight excluding hydrogens is 152 g/mol. The van der Waals surface area contributed by atoms with E-state index < -0.39 is 5.60 Å². The smallest absolute Gasteiger partial charge is 0.0768 e. The lowest BCUT2D eigenvalue weighted by atomic mass is 9.90. The molecule has 1 atom stereocenters. The number of rotatable bonds is 3. The molecular formula is C9H20N2O. The second-order valence-corrected chi connectivity index (χ2v) is 4.47. The summed E-state index contributed by atoms with van der Waals surface area (Å²) in [4.78, 5) is 2.20. The number of hydrogen-bond acceptors (Lipinski definition) is 3. The van der Waals surface area contributed by atoms with Gasteiger partial charge in [0.05, 0.1) is 5.60 Å². The maximum atomic E-state index is 9.93. The average Bonchev–Trinajstić information content (AvgIpc) is 1.83. The predicted molar refractivity (Wildman–Crippen MR) is 49.9 cm³/mol. The summed E-state index contributed by atoms with van der Waals surface area (Å²) >= 11 is 0. The zero-order valence-corrected chi connectivity index (χ0v) is 8.25. The maximum absolute atomic E-state index is 9.93. The molecule has 3 nitrogen and oxygen atoms in total. The van der Waals surface area contributed by atoms with Crippen molar-refractivity contribution in [3.8, 4) is 0 Å². The molecule has 1 aliphatic rings. The van der Waals surface area contributed by atoms with E-state index in [1.54, 1.807) is 0 Å². The van der Waals surface area contributed by atoms with Gasteiger partial charge >= 0.3 is 0 Å². The summed E-state index contributed by atoms with van der Waals surface area (Å²) in [5.41, 5.74) is 5.07. The summed E-state index contributed by atoms with van der Waals surface area (Å²) in [6.45, 7) is 8.59. The molecule has 1 heterocycles. The van der Waals surface area contributed by atoms with Crippen LogP contribution in [0.4, 0.5) is 0 Å². The van der Waals surface area contributed by atoms with Crippen LogP contribution in [0.2, 0.25) is 0 Å². The van der Waals surface area contributed by atoms with E-state index in [4.69, 9.17) is 5.73 Å². The van der Waals surface area contributed by atoms with E-state index in [2.05, 4.69) is 4.90 Å². The van der Waals surface area contributed by atoms with Crippen molar-refractivity contribution in [1.29, 1.82) is 0 Å². The van der Waals surface area contributed by atoms with Crippen LogP contribution in [0.3, 0.4) is 0 Å². The Balaban J connectivity index is 2.30. The van der Waals surface area contributed by atoms with Crippen LogP contribution >= 0.6 is 0 Å². The van der Waals surface area contributed by atoms with E-state index in [1.165, 1.54) is 0 Å². The van der Waals surface area contributed by atoms with Crippen LogP contribution in [0.5, 0.6) is 0 Å². The van der Waals surface area contributed by atoms with Gasteiger partial charge in [0.1, 0.15) is 0 Å². The standard InChI is InChI=1S/C9H20N2O/c1-7(2)9(3,12)6-11-4-8(10)5-11/h7-8,12H,4-6,10H2,1-3H3. The van der Waals surface area contributed by atoms with E-state index in [9.17, 15) is 5.11 Å². The molecule has 0 aromatic rings. The van der Waals surface area contributed by atoms with Gasteiger partial charge in [-0.2, -0.15) is 0 Å². The highest BCUT2D eigenvalue weighted by atomic mass is 16.3. The largest absolute Gasteiger partial charge is 0.389 e. The van der Waals surface area contributed by atoms with Gasteiger partial charge < -0.3 is 10.8 Å². The van der Waals surface area contributed by atoms with Crippen molar-refractivity contribution in [2.45, 2.75) is 32.4 Å². The summed E-state index contributed by atoms with van der Waals surface area (Å²) < 4.78 is 0. The molecule has 0 bridgehead atoms. The van der Waals surface area contributed by atoms with Gasteiger partial charge in [-0.15, -0.1) is 0 Å². The summed E-state index contributed by atoms with van der Waals surface area (Å²) in [5.74, 6) is 0.300. The maximum Gasteiger partial charge on any atom is 0.0768 e. The van der Waals surface area contributed by atoms with Gasteiger partial charge in [-0.05, 0) is 12.8 Å². The molecule has 3 heteroatoms.